The molecule has 2 aromatic rings. The van der Waals surface area contributed by atoms with E-state index < -0.39 is 0 Å². The molecule has 0 spiro atoms. The summed E-state index contributed by atoms with van der Waals surface area (Å²) in [5, 5.41) is 3.47. The molecular formula is C16H23N4O3S+. The lowest BCUT2D eigenvalue weighted by Crippen LogP contribution is -3.14. The van der Waals surface area contributed by atoms with Gasteiger partial charge in [0.25, 0.3) is 5.56 Å². The fourth-order valence-electron chi connectivity index (χ4n) is 2.88. The average molecular weight is 351 g/mol. The number of carbonyl (C=O) groups excluding carboxylic acids is 1. The summed E-state index contributed by atoms with van der Waals surface area (Å²) < 4.78 is 6.70. The topological polar surface area (TPSA) is 77.7 Å². The highest BCUT2D eigenvalue weighted by molar-refractivity contribution is 7.18. The van der Waals surface area contributed by atoms with Crippen LogP contribution in [0.4, 0.5) is 0 Å². The Morgan fingerprint density at radius 1 is 1.46 bits per heavy atom. The van der Waals surface area contributed by atoms with Crippen molar-refractivity contribution in [1.82, 2.24) is 14.9 Å². The lowest BCUT2D eigenvalue weighted by Gasteiger charge is -2.23. The molecule has 3 heterocycles. The van der Waals surface area contributed by atoms with E-state index in [-0.39, 0.29) is 18.0 Å². The van der Waals surface area contributed by atoms with Gasteiger partial charge in [-0.2, -0.15) is 0 Å². The molecule has 0 bridgehead atoms. The maximum absolute atomic E-state index is 12.3. The van der Waals surface area contributed by atoms with E-state index in [1.54, 1.807) is 0 Å². The molecule has 2 N–H and O–H groups in total. The molecule has 0 unspecified atom stereocenters. The number of hydrogen-bond acceptors (Lipinski definition) is 5. The SMILES string of the molecule is Cc1cc2c(=O)n(CC(=O)NCCC[NH+]3CCOCC3)cnc2s1. The fourth-order valence-corrected chi connectivity index (χ4v) is 3.72. The maximum atomic E-state index is 12.3. The van der Waals surface area contributed by atoms with E-state index in [2.05, 4.69) is 10.3 Å². The van der Waals surface area contributed by atoms with Crippen LogP contribution in [-0.2, 0) is 16.1 Å². The molecule has 0 aliphatic carbocycles. The van der Waals surface area contributed by atoms with Crippen molar-refractivity contribution in [2.24, 2.45) is 0 Å². The Kier molecular flexibility index (Phi) is 5.60. The van der Waals surface area contributed by atoms with Crippen LogP contribution in [0.3, 0.4) is 0 Å². The highest BCUT2D eigenvalue weighted by Crippen LogP contribution is 2.19. The lowest BCUT2D eigenvalue weighted by atomic mass is 10.3. The second kappa shape index (κ2) is 7.87. The minimum absolute atomic E-state index is 0.0150. The van der Waals surface area contributed by atoms with Gasteiger partial charge in [0.1, 0.15) is 24.5 Å². The van der Waals surface area contributed by atoms with Crippen molar-refractivity contribution in [2.45, 2.75) is 19.9 Å². The van der Waals surface area contributed by atoms with E-state index in [0.29, 0.717) is 11.9 Å². The summed E-state index contributed by atoms with van der Waals surface area (Å²) in [6, 6.07) is 1.83. The summed E-state index contributed by atoms with van der Waals surface area (Å²) in [6.45, 7) is 7.34. The first-order valence-corrected chi connectivity index (χ1v) is 9.09. The quantitative estimate of drug-likeness (QED) is 0.667. The van der Waals surface area contributed by atoms with Gasteiger partial charge in [0.05, 0.1) is 31.5 Å². The molecule has 0 aromatic carbocycles. The van der Waals surface area contributed by atoms with Crippen molar-refractivity contribution in [3.63, 3.8) is 0 Å². The number of nitrogens with one attached hydrogen (secondary N) is 2. The molecule has 8 heteroatoms. The Bertz CT molecular complexity index is 764. The molecule has 0 saturated carbocycles. The van der Waals surface area contributed by atoms with Gasteiger partial charge in [-0.05, 0) is 13.0 Å². The van der Waals surface area contributed by atoms with Gasteiger partial charge in [0.15, 0.2) is 0 Å². The zero-order valence-electron chi connectivity index (χ0n) is 13.8. The Labute approximate surface area is 144 Å². The summed E-state index contributed by atoms with van der Waals surface area (Å²) in [5.74, 6) is -0.151. The number of amides is 1. The number of quaternary nitrogens is 1. The third-order valence-electron chi connectivity index (χ3n) is 4.18. The molecule has 1 aliphatic heterocycles. The van der Waals surface area contributed by atoms with Crippen LogP contribution in [0, 0.1) is 6.92 Å². The molecule has 7 nitrogen and oxygen atoms in total. The number of aromatic nitrogens is 2. The van der Waals surface area contributed by atoms with Crippen LogP contribution in [0.5, 0.6) is 0 Å². The Morgan fingerprint density at radius 2 is 2.25 bits per heavy atom. The van der Waals surface area contributed by atoms with Gasteiger partial charge >= 0.3 is 0 Å². The van der Waals surface area contributed by atoms with Crippen molar-refractivity contribution in [2.75, 3.05) is 39.4 Å². The Morgan fingerprint density at radius 3 is 3.04 bits per heavy atom. The summed E-state index contributed by atoms with van der Waals surface area (Å²) in [7, 11) is 0. The van der Waals surface area contributed by atoms with Crippen molar-refractivity contribution >= 4 is 27.5 Å². The molecule has 1 aliphatic rings. The number of hydrogen-bond donors (Lipinski definition) is 2. The highest BCUT2D eigenvalue weighted by Gasteiger charge is 2.13. The molecule has 1 fully saturated rings. The second-order valence-electron chi connectivity index (χ2n) is 6.07. The summed E-state index contributed by atoms with van der Waals surface area (Å²) >= 11 is 1.49. The molecule has 3 rings (SSSR count). The smallest absolute Gasteiger partial charge is 0.262 e. The van der Waals surface area contributed by atoms with Gasteiger partial charge in [-0.15, -0.1) is 11.3 Å². The zero-order chi connectivity index (χ0) is 16.9. The van der Waals surface area contributed by atoms with Crippen LogP contribution < -0.4 is 15.8 Å². The van der Waals surface area contributed by atoms with Gasteiger partial charge in [0, 0.05) is 17.8 Å². The van der Waals surface area contributed by atoms with Crippen molar-refractivity contribution in [1.29, 1.82) is 0 Å². The average Bonchev–Trinajstić information content (AvgIpc) is 2.97. The molecule has 130 valence electrons. The van der Waals surface area contributed by atoms with Gasteiger partial charge in [-0.3, -0.25) is 14.2 Å². The Balaban J connectivity index is 1.48. The largest absolute Gasteiger partial charge is 0.370 e. The monoisotopic (exact) mass is 351 g/mol. The van der Waals surface area contributed by atoms with Crippen LogP contribution in [-0.4, -0.2) is 54.9 Å². The van der Waals surface area contributed by atoms with E-state index in [9.17, 15) is 9.59 Å². The molecular weight excluding hydrogens is 328 g/mol. The fraction of sp³-hybridized carbons (Fsp3) is 0.562. The number of thiophene rings is 1. The normalized spacial score (nSPS) is 15.7. The molecule has 1 saturated heterocycles. The van der Waals surface area contributed by atoms with Gasteiger partial charge in [-0.1, -0.05) is 0 Å². The number of morpholine rings is 1. The van der Waals surface area contributed by atoms with Crippen LogP contribution in [0.2, 0.25) is 0 Å². The van der Waals surface area contributed by atoms with Crippen LogP contribution in [0.1, 0.15) is 11.3 Å². The summed E-state index contributed by atoms with van der Waals surface area (Å²) in [5.41, 5.74) is -0.155. The number of aryl methyl sites for hydroxylation is 1. The third-order valence-corrected chi connectivity index (χ3v) is 5.14. The number of fused-ring (bicyclic) bond motifs is 1. The predicted molar refractivity (Wildman–Crippen MR) is 92.6 cm³/mol. The summed E-state index contributed by atoms with van der Waals surface area (Å²) in [6.07, 6.45) is 2.38. The van der Waals surface area contributed by atoms with E-state index in [0.717, 1.165) is 49.0 Å². The highest BCUT2D eigenvalue weighted by atomic mass is 32.1. The number of carbonyl (C=O) groups is 1. The number of ether oxygens (including phenoxy) is 1. The molecule has 24 heavy (non-hydrogen) atoms. The van der Waals surface area contributed by atoms with E-state index in [1.165, 1.54) is 27.1 Å². The molecule has 1 amide bonds. The van der Waals surface area contributed by atoms with Gasteiger partial charge in [0.2, 0.25) is 5.91 Å². The second-order valence-corrected chi connectivity index (χ2v) is 7.30. The zero-order valence-corrected chi connectivity index (χ0v) is 14.7. The number of rotatable bonds is 6. The lowest BCUT2D eigenvalue weighted by molar-refractivity contribution is -0.908. The van der Waals surface area contributed by atoms with Crippen LogP contribution >= 0.6 is 11.3 Å². The van der Waals surface area contributed by atoms with Crippen molar-refractivity contribution in [3.8, 4) is 0 Å². The minimum atomic E-state index is -0.155. The Hall–Kier alpha value is -1.77. The maximum Gasteiger partial charge on any atom is 0.262 e. The standard InChI is InChI=1S/C16H22N4O3S/c1-12-9-13-15(24-12)18-11-20(16(13)22)10-14(21)17-3-2-4-19-5-7-23-8-6-19/h9,11H,2-8,10H2,1H3,(H,17,21)/p+1. The van der Waals surface area contributed by atoms with E-state index in [4.69, 9.17) is 4.74 Å². The first kappa shape index (κ1) is 17.1. The van der Waals surface area contributed by atoms with Crippen molar-refractivity contribution < 1.29 is 14.4 Å². The minimum Gasteiger partial charge on any atom is -0.370 e. The van der Waals surface area contributed by atoms with E-state index in [1.807, 2.05) is 13.0 Å². The number of nitrogens with zero attached hydrogens (tertiary/aromatic N) is 2. The van der Waals surface area contributed by atoms with Gasteiger partial charge < -0.3 is 15.0 Å². The van der Waals surface area contributed by atoms with Crippen LogP contribution in [0.15, 0.2) is 17.2 Å². The van der Waals surface area contributed by atoms with Crippen LogP contribution in [0.25, 0.3) is 10.2 Å². The first-order valence-electron chi connectivity index (χ1n) is 8.27. The molecule has 0 atom stereocenters. The molecule has 0 radical (unpaired) electrons. The third kappa shape index (κ3) is 4.19. The van der Waals surface area contributed by atoms with Crippen molar-refractivity contribution in [3.05, 3.63) is 27.6 Å². The van der Waals surface area contributed by atoms with E-state index >= 15 is 0 Å². The summed E-state index contributed by atoms with van der Waals surface area (Å²) in [4.78, 5) is 31.9. The van der Waals surface area contributed by atoms with Gasteiger partial charge in [-0.25, -0.2) is 4.98 Å². The molecule has 2 aromatic heterocycles. The predicted octanol–water partition coefficient (Wildman–Crippen LogP) is -0.812. The first-order chi connectivity index (χ1) is 11.6.